The van der Waals surface area contributed by atoms with Gasteiger partial charge in [0, 0.05) is 11.6 Å². The molecule has 0 bridgehead atoms. The lowest BCUT2D eigenvalue weighted by Crippen LogP contribution is -2.34. The van der Waals surface area contributed by atoms with E-state index >= 15 is 0 Å². The van der Waals surface area contributed by atoms with Crippen molar-refractivity contribution in [2.75, 3.05) is 0 Å². The van der Waals surface area contributed by atoms with Crippen LogP contribution in [0.2, 0.25) is 0 Å². The van der Waals surface area contributed by atoms with Crippen LogP contribution >= 0.6 is 0 Å². The van der Waals surface area contributed by atoms with E-state index in [0.29, 0.717) is 12.0 Å². The summed E-state index contributed by atoms with van der Waals surface area (Å²) in [6.45, 7) is 3.63. The molecule has 0 saturated carbocycles. The van der Waals surface area contributed by atoms with E-state index in [1.54, 1.807) is 37.3 Å². The lowest BCUT2D eigenvalue weighted by Gasteiger charge is -2.15. The molecule has 0 aliphatic rings. The monoisotopic (exact) mass is 390 g/mol. The Morgan fingerprint density at radius 3 is 2.15 bits per heavy atom. The van der Waals surface area contributed by atoms with Crippen molar-refractivity contribution in [1.82, 2.24) is 10.0 Å². The van der Waals surface area contributed by atoms with Gasteiger partial charge < -0.3 is 10.4 Å². The number of hydrogen-bond acceptors (Lipinski definition) is 4. The molecule has 7 nitrogen and oxygen atoms in total. The highest BCUT2D eigenvalue weighted by molar-refractivity contribution is 7.89. The minimum absolute atomic E-state index is 0.0391. The average molecular weight is 390 g/mol. The highest BCUT2D eigenvalue weighted by atomic mass is 32.2. The van der Waals surface area contributed by atoms with Gasteiger partial charge in [-0.05, 0) is 43.2 Å². The predicted octanol–water partition coefficient (Wildman–Crippen LogP) is 2.32. The second kappa shape index (κ2) is 8.79. The first kappa shape index (κ1) is 20.6. The zero-order valence-electron chi connectivity index (χ0n) is 15.0. The number of carboxylic acids is 1. The van der Waals surface area contributed by atoms with E-state index in [0.717, 1.165) is 0 Å². The number of carbonyl (C=O) groups excluding carboxylic acids is 1. The van der Waals surface area contributed by atoms with E-state index in [1.807, 2.05) is 6.92 Å². The first-order chi connectivity index (χ1) is 12.7. The van der Waals surface area contributed by atoms with Gasteiger partial charge in [0.2, 0.25) is 10.0 Å². The van der Waals surface area contributed by atoms with Gasteiger partial charge in [0.1, 0.15) is 0 Å². The minimum Gasteiger partial charge on any atom is -0.479 e. The Morgan fingerprint density at radius 1 is 1.04 bits per heavy atom. The van der Waals surface area contributed by atoms with Crippen molar-refractivity contribution in [2.45, 2.75) is 37.2 Å². The van der Waals surface area contributed by atoms with E-state index in [-0.39, 0.29) is 16.5 Å². The molecule has 2 atom stereocenters. The van der Waals surface area contributed by atoms with Crippen LogP contribution in [0, 0.1) is 0 Å². The van der Waals surface area contributed by atoms with Crippen molar-refractivity contribution in [3.63, 3.8) is 0 Å². The smallest absolute Gasteiger partial charge is 0.330 e. The van der Waals surface area contributed by atoms with Crippen LogP contribution in [0.3, 0.4) is 0 Å². The summed E-state index contributed by atoms with van der Waals surface area (Å²) in [6, 6.07) is 12.3. The molecule has 1 unspecified atom stereocenters. The Labute approximate surface area is 158 Å². The van der Waals surface area contributed by atoms with Gasteiger partial charge in [-0.2, -0.15) is 0 Å². The molecule has 1 amide bonds. The van der Waals surface area contributed by atoms with E-state index in [2.05, 4.69) is 10.0 Å². The molecule has 144 valence electrons. The van der Waals surface area contributed by atoms with E-state index < -0.39 is 27.9 Å². The SMILES string of the molecule is CCC(C)NS(=O)(=O)c1ccc(C(=O)N[C@@H](C(=O)O)c2ccccc2)cc1. The first-order valence-electron chi connectivity index (χ1n) is 8.45. The van der Waals surface area contributed by atoms with Gasteiger partial charge in [-0.3, -0.25) is 4.79 Å². The fourth-order valence-corrected chi connectivity index (χ4v) is 3.68. The number of benzene rings is 2. The summed E-state index contributed by atoms with van der Waals surface area (Å²) in [7, 11) is -3.67. The molecule has 2 aromatic rings. The first-order valence-corrected chi connectivity index (χ1v) is 9.94. The third-order valence-electron chi connectivity index (χ3n) is 4.05. The van der Waals surface area contributed by atoms with Crippen molar-refractivity contribution in [1.29, 1.82) is 0 Å². The molecule has 0 spiro atoms. The lowest BCUT2D eigenvalue weighted by atomic mass is 10.1. The van der Waals surface area contributed by atoms with Gasteiger partial charge in [-0.1, -0.05) is 37.3 Å². The van der Waals surface area contributed by atoms with Crippen LogP contribution in [0.25, 0.3) is 0 Å². The molecule has 0 aliphatic heterocycles. The maximum Gasteiger partial charge on any atom is 0.330 e. The lowest BCUT2D eigenvalue weighted by molar-refractivity contribution is -0.139. The van der Waals surface area contributed by atoms with Gasteiger partial charge in [-0.15, -0.1) is 0 Å². The molecule has 2 rings (SSSR count). The van der Waals surface area contributed by atoms with Crippen LogP contribution in [0.5, 0.6) is 0 Å². The van der Waals surface area contributed by atoms with Gasteiger partial charge in [-0.25, -0.2) is 17.9 Å². The number of nitrogens with one attached hydrogen (secondary N) is 2. The molecule has 0 aliphatic carbocycles. The van der Waals surface area contributed by atoms with Crippen molar-refractivity contribution in [3.05, 3.63) is 65.7 Å². The molecule has 0 fully saturated rings. The third kappa shape index (κ3) is 5.38. The molecule has 0 radical (unpaired) electrons. The van der Waals surface area contributed by atoms with Crippen LogP contribution in [-0.2, 0) is 14.8 Å². The number of rotatable bonds is 8. The Balaban J connectivity index is 2.16. The van der Waals surface area contributed by atoms with Crippen molar-refractivity contribution < 1.29 is 23.1 Å². The van der Waals surface area contributed by atoms with Crippen LogP contribution in [0.4, 0.5) is 0 Å². The largest absolute Gasteiger partial charge is 0.479 e. The molecule has 0 aromatic heterocycles. The van der Waals surface area contributed by atoms with Crippen molar-refractivity contribution >= 4 is 21.9 Å². The summed E-state index contributed by atoms with van der Waals surface area (Å²) in [6.07, 6.45) is 0.649. The summed E-state index contributed by atoms with van der Waals surface area (Å²) < 4.78 is 27.0. The zero-order valence-corrected chi connectivity index (χ0v) is 15.9. The fraction of sp³-hybridized carbons (Fsp3) is 0.263. The Morgan fingerprint density at radius 2 is 1.63 bits per heavy atom. The van der Waals surface area contributed by atoms with Gasteiger partial charge >= 0.3 is 5.97 Å². The number of amides is 1. The molecule has 2 aromatic carbocycles. The maximum atomic E-state index is 12.4. The molecule has 8 heteroatoms. The summed E-state index contributed by atoms with van der Waals surface area (Å²) in [5, 5.41) is 11.8. The fourth-order valence-electron chi connectivity index (χ4n) is 2.35. The van der Waals surface area contributed by atoms with Gasteiger partial charge in [0.25, 0.3) is 5.91 Å². The second-order valence-corrected chi connectivity index (χ2v) is 7.82. The van der Waals surface area contributed by atoms with Gasteiger partial charge in [0.15, 0.2) is 6.04 Å². The summed E-state index contributed by atoms with van der Waals surface area (Å²) in [5.41, 5.74) is 0.606. The number of hydrogen-bond donors (Lipinski definition) is 3. The van der Waals surface area contributed by atoms with E-state index in [4.69, 9.17) is 0 Å². The molecule has 0 saturated heterocycles. The molecule has 27 heavy (non-hydrogen) atoms. The predicted molar refractivity (Wildman–Crippen MR) is 101 cm³/mol. The molecular weight excluding hydrogens is 368 g/mol. The Hall–Kier alpha value is -2.71. The van der Waals surface area contributed by atoms with Crippen molar-refractivity contribution in [2.24, 2.45) is 0 Å². The van der Waals surface area contributed by atoms with Crippen LogP contribution in [0.1, 0.15) is 42.2 Å². The van der Waals surface area contributed by atoms with E-state index in [1.165, 1.54) is 24.3 Å². The molecule has 3 N–H and O–H groups in total. The Bertz CT molecular complexity index is 895. The van der Waals surface area contributed by atoms with Crippen molar-refractivity contribution in [3.8, 4) is 0 Å². The topological polar surface area (TPSA) is 113 Å². The third-order valence-corrected chi connectivity index (χ3v) is 5.66. The highest BCUT2D eigenvalue weighted by Crippen LogP contribution is 2.16. The van der Waals surface area contributed by atoms with Crippen LogP contribution in [0.15, 0.2) is 59.5 Å². The number of aliphatic carboxylic acids is 1. The second-order valence-electron chi connectivity index (χ2n) is 6.11. The van der Waals surface area contributed by atoms with Crippen LogP contribution < -0.4 is 10.0 Å². The van der Waals surface area contributed by atoms with Gasteiger partial charge in [0.05, 0.1) is 4.90 Å². The standard InChI is InChI=1S/C19H22N2O5S/c1-3-13(2)21-27(25,26)16-11-9-15(10-12-16)18(22)20-17(19(23)24)14-7-5-4-6-8-14/h4-13,17,21H,3H2,1-2H3,(H,20,22)(H,23,24)/t13?,17-/m1/s1. The molecular formula is C19H22N2O5S. The summed E-state index contributed by atoms with van der Waals surface area (Å²) >= 11 is 0. The summed E-state index contributed by atoms with van der Waals surface area (Å²) in [4.78, 5) is 23.9. The Kier molecular flexibility index (Phi) is 6.70. The normalized spacial score (nSPS) is 13.6. The van der Waals surface area contributed by atoms with Crippen LogP contribution in [-0.4, -0.2) is 31.4 Å². The average Bonchev–Trinajstić information content (AvgIpc) is 2.66. The quantitative estimate of drug-likeness (QED) is 0.640. The number of carbonyl (C=O) groups is 2. The highest BCUT2D eigenvalue weighted by Gasteiger charge is 2.23. The number of sulfonamides is 1. The zero-order chi connectivity index (χ0) is 20.0. The minimum atomic E-state index is -3.67. The van der Waals surface area contributed by atoms with E-state index in [9.17, 15) is 23.1 Å². The maximum absolute atomic E-state index is 12.4. The summed E-state index contributed by atoms with van der Waals surface area (Å²) in [5.74, 6) is -1.79. The molecule has 0 heterocycles. The number of carboxylic acid groups (broad SMARTS) is 1.